The average Bonchev–Trinajstić information content (AvgIpc) is 2.91. The number of halogens is 3. The first-order chi connectivity index (χ1) is 18.9. The number of carbonyl (C=O) groups is 2. The zero-order valence-corrected chi connectivity index (χ0v) is 25.6. The van der Waals surface area contributed by atoms with Crippen LogP contribution in [0.2, 0.25) is 15.1 Å². The number of nitrogens with one attached hydrogen (secondary N) is 1. The number of hydrogen-bond acceptors (Lipinski definition) is 4. The first kappa shape index (κ1) is 31.7. The first-order valence-electron chi connectivity index (χ1n) is 12.8. The Bertz CT molecular complexity index is 1420. The maximum atomic E-state index is 14.1. The van der Waals surface area contributed by atoms with Crippen molar-refractivity contribution in [2.24, 2.45) is 5.92 Å². The summed E-state index contributed by atoms with van der Waals surface area (Å²) in [6.45, 7) is 5.56. The van der Waals surface area contributed by atoms with Gasteiger partial charge in [-0.15, -0.1) is 0 Å². The van der Waals surface area contributed by atoms with Gasteiger partial charge in [-0.2, -0.15) is 0 Å². The molecule has 0 heterocycles. The van der Waals surface area contributed by atoms with E-state index in [-0.39, 0.29) is 39.0 Å². The molecule has 2 amide bonds. The minimum absolute atomic E-state index is 0.00163. The van der Waals surface area contributed by atoms with Gasteiger partial charge in [-0.05, 0) is 54.3 Å². The molecule has 0 saturated heterocycles. The lowest BCUT2D eigenvalue weighted by Crippen LogP contribution is -2.52. The van der Waals surface area contributed by atoms with Crippen LogP contribution in [0.3, 0.4) is 0 Å². The molecule has 0 radical (unpaired) electrons. The molecule has 214 valence electrons. The number of nitrogens with zero attached hydrogens (tertiary/aromatic N) is 2. The van der Waals surface area contributed by atoms with Gasteiger partial charge in [0.15, 0.2) is 0 Å². The van der Waals surface area contributed by atoms with Crippen molar-refractivity contribution in [2.75, 3.05) is 17.4 Å². The number of benzene rings is 3. The summed E-state index contributed by atoms with van der Waals surface area (Å²) in [5, 5.41) is 3.73. The predicted molar refractivity (Wildman–Crippen MR) is 161 cm³/mol. The average molecular weight is 625 g/mol. The largest absolute Gasteiger partial charge is 0.354 e. The normalized spacial score (nSPS) is 12.2. The number of sulfonamides is 1. The Kier molecular flexibility index (Phi) is 11.3. The van der Waals surface area contributed by atoms with Crippen LogP contribution < -0.4 is 9.62 Å². The molecular weight excluding hydrogens is 593 g/mol. The fraction of sp³-hybridized carbons (Fsp3) is 0.310. The summed E-state index contributed by atoms with van der Waals surface area (Å²) in [5.41, 5.74) is 0.737. The number of hydrogen-bond donors (Lipinski definition) is 1. The molecule has 0 fully saturated rings. The van der Waals surface area contributed by atoms with E-state index in [9.17, 15) is 18.0 Å². The number of rotatable bonds is 12. The highest BCUT2D eigenvalue weighted by Gasteiger charge is 2.34. The highest BCUT2D eigenvalue weighted by molar-refractivity contribution is 7.92. The Hall–Kier alpha value is -2.78. The van der Waals surface area contributed by atoms with Crippen molar-refractivity contribution in [1.29, 1.82) is 0 Å². The smallest absolute Gasteiger partial charge is 0.264 e. The van der Waals surface area contributed by atoms with Gasteiger partial charge in [-0.25, -0.2) is 8.42 Å². The third-order valence-corrected chi connectivity index (χ3v) is 8.71. The van der Waals surface area contributed by atoms with Crippen LogP contribution in [0.25, 0.3) is 0 Å². The van der Waals surface area contributed by atoms with E-state index in [0.29, 0.717) is 23.6 Å². The molecule has 3 aromatic carbocycles. The molecule has 40 heavy (non-hydrogen) atoms. The molecule has 0 spiro atoms. The number of amides is 2. The lowest BCUT2D eigenvalue weighted by Gasteiger charge is -2.33. The van der Waals surface area contributed by atoms with Crippen molar-refractivity contribution in [2.45, 2.75) is 44.7 Å². The zero-order valence-electron chi connectivity index (χ0n) is 22.5. The highest BCUT2D eigenvalue weighted by atomic mass is 35.5. The first-order valence-corrected chi connectivity index (χ1v) is 15.4. The molecule has 3 rings (SSSR count). The molecule has 11 heteroatoms. The predicted octanol–water partition coefficient (Wildman–Crippen LogP) is 6.42. The van der Waals surface area contributed by atoms with Gasteiger partial charge < -0.3 is 10.2 Å². The fourth-order valence-electron chi connectivity index (χ4n) is 4.08. The van der Waals surface area contributed by atoms with E-state index in [1.807, 2.05) is 13.8 Å². The van der Waals surface area contributed by atoms with Gasteiger partial charge in [0.25, 0.3) is 10.0 Å². The second kappa shape index (κ2) is 14.2. The van der Waals surface area contributed by atoms with Crippen LogP contribution in [-0.2, 0) is 26.2 Å². The van der Waals surface area contributed by atoms with Gasteiger partial charge >= 0.3 is 0 Å². The van der Waals surface area contributed by atoms with Crippen LogP contribution in [-0.4, -0.2) is 44.3 Å². The van der Waals surface area contributed by atoms with Crippen LogP contribution in [0.15, 0.2) is 77.7 Å². The summed E-state index contributed by atoms with van der Waals surface area (Å²) < 4.78 is 28.6. The molecular formula is C29H32Cl3N3O4S. The summed E-state index contributed by atoms with van der Waals surface area (Å²) in [4.78, 5) is 28.7. The summed E-state index contributed by atoms with van der Waals surface area (Å²) in [7, 11) is -4.23. The second-order valence-electron chi connectivity index (χ2n) is 9.63. The van der Waals surface area contributed by atoms with Gasteiger partial charge in [-0.3, -0.25) is 13.9 Å². The molecule has 0 aromatic heterocycles. The number of carbonyl (C=O) groups excluding carboxylic acids is 2. The SMILES string of the molecule is CC[C@H](C(=O)NCC(C)C)N(Cc1ccccc1Cl)C(=O)CN(c1cc(Cl)cc(Cl)c1)S(=O)(=O)c1ccccc1. The maximum absolute atomic E-state index is 14.1. The van der Waals surface area contributed by atoms with E-state index in [4.69, 9.17) is 34.8 Å². The number of anilines is 1. The highest BCUT2D eigenvalue weighted by Crippen LogP contribution is 2.30. The molecule has 0 unspecified atom stereocenters. The Labute approximate surface area is 251 Å². The Morgan fingerprint density at radius 2 is 1.50 bits per heavy atom. The summed E-state index contributed by atoms with van der Waals surface area (Å²) >= 11 is 18.9. The van der Waals surface area contributed by atoms with Gasteiger partial charge in [-0.1, -0.05) is 92.0 Å². The summed E-state index contributed by atoms with van der Waals surface area (Å²) in [5.74, 6) is -0.727. The van der Waals surface area contributed by atoms with E-state index < -0.39 is 28.5 Å². The topological polar surface area (TPSA) is 86.8 Å². The van der Waals surface area contributed by atoms with Crippen LogP contribution in [0.4, 0.5) is 5.69 Å². The van der Waals surface area contributed by atoms with Gasteiger partial charge in [0, 0.05) is 28.2 Å². The Morgan fingerprint density at radius 3 is 2.08 bits per heavy atom. The van der Waals surface area contributed by atoms with Crippen molar-refractivity contribution >= 4 is 62.3 Å². The van der Waals surface area contributed by atoms with E-state index in [2.05, 4.69) is 5.32 Å². The van der Waals surface area contributed by atoms with Crippen molar-refractivity contribution in [3.05, 3.63) is 93.4 Å². The molecule has 0 aliphatic rings. The third-order valence-electron chi connectivity index (χ3n) is 6.11. The summed E-state index contributed by atoms with van der Waals surface area (Å²) in [6.07, 6.45) is 0.300. The van der Waals surface area contributed by atoms with Gasteiger partial charge in [0.05, 0.1) is 10.6 Å². The minimum Gasteiger partial charge on any atom is -0.354 e. The molecule has 7 nitrogen and oxygen atoms in total. The molecule has 0 aliphatic heterocycles. The lowest BCUT2D eigenvalue weighted by atomic mass is 10.1. The van der Waals surface area contributed by atoms with Crippen LogP contribution >= 0.6 is 34.8 Å². The Morgan fingerprint density at radius 1 is 0.900 bits per heavy atom. The quantitative estimate of drug-likeness (QED) is 0.252. The molecule has 1 atom stereocenters. The molecule has 0 bridgehead atoms. The Balaban J connectivity index is 2.08. The monoisotopic (exact) mass is 623 g/mol. The minimum atomic E-state index is -4.23. The second-order valence-corrected chi connectivity index (χ2v) is 12.8. The van der Waals surface area contributed by atoms with Crippen LogP contribution in [0.1, 0.15) is 32.8 Å². The van der Waals surface area contributed by atoms with Gasteiger partial charge in [0.1, 0.15) is 12.6 Å². The standard InChI is InChI=1S/C29H32Cl3N3O4S/c1-4-27(29(37)33-17-20(2)3)34(18-21-10-8-9-13-26(21)32)28(36)19-35(24-15-22(30)14-23(31)16-24)40(38,39)25-11-6-5-7-12-25/h5-16,20,27H,4,17-19H2,1-3H3,(H,33,37)/t27-/m1/s1. The van der Waals surface area contributed by atoms with E-state index >= 15 is 0 Å². The van der Waals surface area contributed by atoms with E-state index in [1.165, 1.54) is 35.2 Å². The third kappa shape index (κ3) is 8.13. The fourth-order valence-corrected chi connectivity index (χ4v) is 6.21. The lowest BCUT2D eigenvalue weighted by molar-refractivity contribution is -0.140. The van der Waals surface area contributed by atoms with Crippen LogP contribution in [0.5, 0.6) is 0 Å². The van der Waals surface area contributed by atoms with Gasteiger partial charge in [0.2, 0.25) is 11.8 Å². The maximum Gasteiger partial charge on any atom is 0.264 e. The van der Waals surface area contributed by atoms with Crippen molar-refractivity contribution in [1.82, 2.24) is 10.2 Å². The molecule has 0 saturated carbocycles. The van der Waals surface area contributed by atoms with Crippen molar-refractivity contribution in [3.8, 4) is 0 Å². The summed E-state index contributed by atoms with van der Waals surface area (Å²) in [6, 6.07) is 18.2. The van der Waals surface area contributed by atoms with Crippen molar-refractivity contribution < 1.29 is 18.0 Å². The van der Waals surface area contributed by atoms with Crippen molar-refractivity contribution in [3.63, 3.8) is 0 Å². The molecule has 3 aromatic rings. The van der Waals surface area contributed by atoms with E-state index in [1.54, 1.807) is 49.4 Å². The zero-order chi connectivity index (χ0) is 29.4. The van der Waals surface area contributed by atoms with E-state index in [0.717, 1.165) is 4.31 Å². The molecule has 1 N–H and O–H groups in total. The van der Waals surface area contributed by atoms with Crippen LogP contribution in [0, 0.1) is 5.92 Å². The molecule has 0 aliphatic carbocycles.